The Kier molecular flexibility index (Phi) is 7.66. The molecule has 1 saturated carbocycles. The highest BCUT2D eigenvalue weighted by atomic mass is 16.6. The number of Topliss-reactive ketones (excluding diaryl/α,β-unsaturated/α-hetero) is 1. The van der Waals surface area contributed by atoms with Gasteiger partial charge >= 0.3 is 5.97 Å². The van der Waals surface area contributed by atoms with Crippen LogP contribution in [-0.4, -0.2) is 24.0 Å². The third kappa shape index (κ3) is 5.44. The zero-order valence-corrected chi connectivity index (χ0v) is 17.2. The molecule has 1 aliphatic heterocycles. The van der Waals surface area contributed by atoms with E-state index in [-0.39, 0.29) is 18.2 Å². The van der Waals surface area contributed by atoms with Gasteiger partial charge in [-0.2, -0.15) is 0 Å². The molecule has 4 nitrogen and oxygen atoms in total. The zero-order chi connectivity index (χ0) is 19.8. The molecular weight excluding hydrogens is 352 g/mol. The smallest absolute Gasteiger partial charge is 0.313 e. The molecule has 1 heterocycles. The quantitative estimate of drug-likeness (QED) is 0.317. The minimum atomic E-state index is -0.599. The van der Waals surface area contributed by atoms with E-state index in [1.165, 1.54) is 36.8 Å². The first-order chi connectivity index (χ1) is 13.6. The zero-order valence-electron chi connectivity index (χ0n) is 17.2. The van der Waals surface area contributed by atoms with Gasteiger partial charge in [0.25, 0.3) is 0 Å². The average molecular weight is 387 g/mol. The number of hydrogen-bond acceptors (Lipinski definition) is 4. The van der Waals surface area contributed by atoms with Crippen molar-refractivity contribution >= 4 is 11.8 Å². The molecule has 2 fully saturated rings. The first-order valence-electron chi connectivity index (χ1n) is 11.0. The first-order valence-corrected chi connectivity index (χ1v) is 11.0. The number of unbranched alkanes of at least 4 members (excludes halogenated alkanes) is 2. The van der Waals surface area contributed by atoms with Crippen LogP contribution in [0.2, 0.25) is 0 Å². The fourth-order valence-electron chi connectivity index (χ4n) is 4.80. The Labute approximate surface area is 169 Å². The highest BCUT2D eigenvalue weighted by Crippen LogP contribution is 2.44. The van der Waals surface area contributed by atoms with Crippen LogP contribution in [0.5, 0.6) is 0 Å². The Hall–Kier alpha value is -1.68. The Balaban J connectivity index is 1.66. The van der Waals surface area contributed by atoms with Crippen LogP contribution in [0, 0.1) is 5.92 Å². The van der Waals surface area contributed by atoms with Crippen LogP contribution in [0.25, 0.3) is 0 Å². The maximum atomic E-state index is 12.2. The van der Waals surface area contributed by atoms with Crippen molar-refractivity contribution in [3.63, 3.8) is 0 Å². The van der Waals surface area contributed by atoms with Gasteiger partial charge in [0.15, 0.2) is 0 Å². The van der Waals surface area contributed by atoms with Crippen LogP contribution in [0.15, 0.2) is 24.3 Å². The number of benzene rings is 1. The number of esters is 1. The van der Waals surface area contributed by atoms with Gasteiger partial charge in [-0.25, -0.2) is 0 Å². The standard InChI is InChI=1S/C24H34O4/c1-2-3-8-15-27-18-20-10-5-4-9-19(20)13-14-24(21-11-6-7-12-21)17-22(25)16-23(26)28-24/h4-5,9-10,21H,2-3,6-8,11-18H2,1H3. The predicted octanol–water partition coefficient (Wildman–Crippen LogP) is 5.16. The van der Waals surface area contributed by atoms with E-state index in [1.54, 1.807) is 0 Å². The highest BCUT2D eigenvalue weighted by Gasteiger charge is 2.47. The second-order valence-corrected chi connectivity index (χ2v) is 8.44. The molecule has 0 bridgehead atoms. The molecule has 2 aliphatic rings. The Morgan fingerprint density at radius 3 is 2.57 bits per heavy atom. The lowest BCUT2D eigenvalue weighted by atomic mass is 9.76. The molecule has 0 N–H and O–H groups in total. The van der Waals surface area contributed by atoms with Gasteiger partial charge in [0.2, 0.25) is 0 Å². The Bertz CT molecular complexity index is 644. The summed E-state index contributed by atoms with van der Waals surface area (Å²) < 4.78 is 11.8. The number of ketones is 1. The SMILES string of the molecule is CCCCCOCc1ccccc1CCC1(C2CCCC2)CC(=O)CC(=O)O1. The predicted molar refractivity (Wildman–Crippen MR) is 109 cm³/mol. The molecule has 154 valence electrons. The molecule has 3 rings (SSSR count). The molecule has 1 aromatic carbocycles. The second-order valence-electron chi connectivity index (χ2n) is 8.44. The van der Waals surface area contributed by atoms with Gasteiger partial charge in [0.1, 0.15) is 17.8 Å². The van der Waals surface area contributed by atoms with E-state index < -0.39 is 5.60 Å². The van der Waals surface area contributed by atoms with Crippen molar-refractivity contribution in [2.45, 2.75) is 89.8 Å². The fraction of sp³-hybridized carbons (Fsp3) is 0.667. The molecule has 0 spiro atoms. The van der Waals surface area contributed by atoms with Crippen molar-refractivity contribution in [2.75, 3.05) is 6.61 Å². The van der Waals surface area contributed by atoms with E-state index in [2.05, 4.69) is 25.1 Å². The molecule has 0 radical (unpaired) electrons. The molecule has 0 aromatic heterocycles. The first kappa shape index (κ1) is 21.0. The molecule has 1 atom stereocenters. The van der Waals surface area contributed by atoms with Crippen molar-refractivity contribution < 1.29 is 19.1 Å². The summed E-state index contributed by atoms with van der Waals surface area (Å²) >= 11 is 0. The van der Waals surface area contributed by atoms with E-state index >= 15 is 0 Å². The van der Waals surface area contributed by atoms with E-state index in [1.807, 2.05) is 6.07 Å². The normalized spacial score (nSPS) is 23.2. The third-order valence-electron chi connectivity index (χ3n) is 6.34. The highest BCUT2D eigenvalue weighted by molar-refractivity contribution is 5.98. The van der Waals surface area contributed by atoms with E-state index in [9.17, 15) is 9.59 Å². The number of aryl methyl sites for hydroxylation is 1. The van der Waals surface area contributed by atoms with Gasteiger partial charge in [-0.1, -0.05) is 56.9 Å². The topological polar surface area (TPSA) is 52.6 Å². The summed E-state index contributed by atoms with van der Waals surface area (Å²) in [6.07, 6.45) is 9.81. The molecule has 1 unspecified atom stereocenters. The second kappa shape index (κ2) is 10.2. The van der Waals surface area contributed by atoms with Crippen molar-refractivity contribution in [1.82, 2.24) is 0 Å². The van der Waals surface area contributed by atoms with Gasteiger partial charge in [0.05, 0.1) is 6.61 Å². The van der Waals surface area contributed by atoms with Crippen molar-refractivity contribution in [2.24, 2.45) is 5.92 Å². The van der Waals surface area contributed by atoms with E-state index in [0.717, 1.165) is 38.7 Å². The van der Waals surface area contributed by atoms with Gasteiger partial charge in [-0.15, -0.1) is 0 Å². The van der Waals surface area contributed by atoms with Crippen molar-refractivity contribution in [3.8, 4) is 0 Å². The summed E-state index contributed by atoms with van der Waals surface area (Å²) in [4.78, 5) is 24.3. The maximum Gasteiger partial charge on any atom is 0.313 e. The van der Waals surface area contributed by atoms with Crippen molar-refractivity contribution in [3.05, 3.63) is 35.4 Å². The summed E-state index contributed by atoms with van der Waals surface area (Å²) in [5, 5.41) is 0. The number of carbonyl (C=O) groups is 2. The molecule has 0 amide bonds. The summed E-state index contributed by atoms with van der Waals surface area (Å²) in [5.41, 5.74) is 1.84. The van der Waals surface area contributed by atoms with Crippen LogP contribution in [0.3, 0.4) is 0 Å². The van der Waals surface area contributed by atoms with Crippen LogP contribution in [0.4, 0.5) is 0 Å². The number of ether oxygens (including phenoxy) is 2. The maximum absolute atomic E-state index is 12.2. The fourth-order valence-corrected chi connectivity index (χ4v) is 4.80. The minimum Gasteiger partial charge on any atom is -0.458 e. The van der Waals surface area contributed by atoms with Gasteiger partial charge in [-0.05, 0) is 49.1 Å². The number of cyclic esters (lactones) is 1. The molecule has 4 heteroatoms. The molecule has 1 aliphatic carbocycles. The molecule has 28 heavy (non-hydrogen) atoms. The van der Waals surface area contributed by atoms with Crippen LogP contribution in [0.1, 0.15) is 82.3 Å². The van der Waals surface area contributed by atoms with Crippen LogP contribution < -0.4 is 0 Å². The lowest BCUT2D eigenvalue weighted by molar-refractivity contribution is -0.178. The Morgan fingerprint density at radius 2 is 1.86 bits per heavy atom. The number of rotatable bonds is 10. The van der Waals surface area contributed by atoms with Gasteiger partial charge < -0.3 is 9.47 Å². The van der Waals surface area contributed by atoms with Crippen LogP contribution in [-0.2, 0) is 32.1 Å². The molecule has 1 saturated heterocycles. The Morgan fingerprint density at radius 1 is 1.11 bits per heavy atom. The van der Waals surface area contributed by atoms with Gasteiger partial charge in [0, 0.05) is 13.0 Å². The number of hydrogen-bond donors (Lipinski definition) is 0. The average Bonchev–Trinajstić information content (AvgIpc) is 3.22. The largest absolute Gasteiger partial charge is 0.458 e. The summed E-state index contributed by atoms with van der Waals surface area (Å²) in [6.45, 7) is 3.60. The molecular formula is C24H34O4. The minimum absolute atomic E-state index is 0.0377. The number of carbonyl (C=O) groups excluding carboxylic acids is 2. The van der Waals surface area contributed by atoms with E-state index in [0.29, 0.717) is 18.9 Å². The summed E-state index contributed by atoms with van der Waals surface area (Å²) in [7, 11) is 0. The van der Waals surface area contributed by atoms with Gasteiger partial charge in [-0.3, -0.25) is 9.59 Å². The van der Waals surface area contributed by atoms with Crippen LogP contribution >= 0.6 is 0 Å². The monoisotopic (exact) mass is 386 g/mol. The summed E-state index contributed by atoms with van der Waals surface area (Å²) in [5.74, 6) is 0.0181. The van der Waals surface area contributed by atoms with E-state index in [4.69, 9.17) is 9.47 Å². The lowest BCUT2D eigenvalue weighted by Gasteiger charge is -2.41. The van der Waals surface area contributed by atoms with Crippen molar-refractivity contribution in [1.29, 1.82) is 0 Å². The lowest BCUT2D eigenvalue weighted by Crippen LogP contribution is -2.48. The third-order valence-corrected chi connectivity index (χ3v) is 6.34. The summed E-state index contributed by atoms with van der Waals surface area (Å²) in [6, 6.07) is 8.36. The molecule has 1 aromatic rings.